The fourth-order valence-electron chi connectivity index (χ4n) is 14.1. The van der Waals surface area contributed by atoms with Gasteiger partial charge in [0.15, 0.2) is 5.58 Å². The van der Waals surface area contributed by atoms with Crippen molar-refractivity contribution in [3.05, 3.63) is 345 Å². The van der Waals surface area contributed by atoms with E-state index in [1.807, 2.05) is 48.5 Å². The summed E-state index contributed by atoms with van der Waals surface area (Å²) in [6.45, 7) is 0. The van der Waals surface area contributed by atoms with Gasteiger partial charge in [0.25, 0.3) is 0 Å². The van der Waals surface area contributed by atoms with Crippen LogP contribution in [-0.2, 0) is 0 Å². The number of para-hydroxylation sites is 2. The van der Waals surface area contributed by atoms with E-state index in [-0.39, 0.29) is 0 Å². The molecular weight excluding hydrogens is 1180 g/mol. The standard InChI is InChI=1S/C46H28N2O.C46H28N2/c1-3-11-33-25-35(23-17-29(33)9-1)40-28-43(36-24-18-30-10-2-4-12-34(30)26-36)47-45-38-14-6-5-13-37(38)39(27-41(40)45)31-19-21-32(22-20-31)46-48-42-15-7-8-16-44(42)49-46;47-29-30-13-15-33(16-14-30)34-17-21-35(22-18-34)42-27-44-43(38-23-19-31-7-1-3-9-36(31)25-38)28-45(48-46(44)41-12-6-5-11-40(41)42)39-24-20-32-8-2-4-10-37(32)26-39/h1-28H;1-28H. The summed E-state index contributed by atoms with van der Waals surface area (Å²) in [6, 6.07) is 122. The third kappa shape index (κ3) is 10.4. The van der Waals surface area contributed by atoms with Crippen LogP contribution in [0, 0.1) is 11.3 Å². The fourth-order valence-corrected chi connectivity index (χ4v) is 14.1. The van der Waals surface area contributed by atoms with E-state index in [0.29, 0.717) is 11.5 Å². The first-order valence-electron chi connectivity index (χ1n) is 32.7. The molecule has 0 N–H and O–H groups in total. The predicted octanol–water partition coefficient (Wildman–Crippen LogP) is 24.7. The van der Waals surface area contributed by atoms with Crippen LogP contribution in [0.15, 0.2) is 344 Å². The molecule has 0 spiro atoms. The molecule has 0 unspecified atom stereocenters. The third-order valence-corrected chi connectivity index (χ3v) is 19.1. The van der Waals surface area contributed by atoms with Gasteiger partial charge in [-0.05, 0) is 194 Å². The zero-order chi connectivity index (χ0) is 64.3. The van der Waals surface area contributed by atoms with Gasteiger partial charge < -0.3 is 4.42 Å². The number of hydrogen-bond donors (Lipinski definition) is 0. The number of nitriles is 1. The molecule has 0 amide bonds. The molecule has 0 radical (unpaired) electrons. The first kappa shape index (κ1) is 56.6. The maximum atomic E-state index is 9.22. The minimum atomic E-state index is 0.625. The van der Waals surface area contributed by atoms with Crippen molar-refractivity contribution in [3.8, 4) is 95.7 Å². The summed E-state index contributed by atoms with van der Waals surface area (Å²) in [5.41, 5.74) is 20.9. The molecule has 3 heterocycles. The van der Waals surface area contributed by atoms with Gasteiger partial charge in [-0.2, -0.15) is 5.26 Å². The Kier molecular flexibility index (Phi) is 13.9. The van der Waals surface area contributed by atoms with Gasteiger partial charge in [-0.1, -0.05) is 255 Å². The Morgan fingerprint density at radius 3 is 1.00 bits per heavy atom. The molecule has 19 aromatic rings. The summed E-state index contributed by atoms with van der Waals surface area (Å²) >= 11 is 0. The lowest BCUT2D eigenvalue weighted by atomic mass is 9.90. The highest BCUT2D eigenvalue weighted by Crippen LogP contribution is 2.44. The molecule has 0 fully saturated rings. The number of rotatable bonds is 8. The highest BCUT2D eigenvalue weighted by Gasteiger charge is 2.20. The summed E-state index contributed by atoms with van der Waals surface area (Å²) in [6.07, 6.45) is 0. The lowest BCUT2D eigenvalue weighted by Gasteiger charge is -2.16. The second-order valence-corrected chi connectivity index (χ2v) is 24.9. The molecule has 0 aliphatic heterocycles. The van der Waals surface area contributed by atoms with Crippen LogP contribution in [0.3, 0.4) is 0 Å². The van der Waals surface area contributed by atoms with E-state index in [1.165, 1.54) is 65.2 Å². The van der Waals surface area contributed by atoms with Gasteiger partial charge in [0, 0.05) is 38.2 Å². The van der Waals surface area contributed by atoms with Crippen LogP contribution in [-0.4, -0.2) is 15.0 Å². The Bertz CT molecular complexity index is 6350. The molecule has 0 aliphatic rings. The van der Waals surface area contributed by atoms with Crippen LogP contribution in [0.1, 0.15) is 5.56 Å². The van der Waals surface area contributed by atoms with Gasteiger partial charge in [0.1, 0.15) is 5.52 Å². The van der Waals surface area contributed by atoms with Crippen LogP contribution in [0.2, 0.25) is 0 Å². The van der Waals surface area contributed by atoms with E-state index < -0.39 is 0 Å². The van der Waals surface area contributed by atoms with E-state index in [2.05, 4.69) is 297 Å². The minimum absolute atomic E-state index is 0.625. The third-order valence-electron chi connectivity index (χ3n) is 19.1. The Balaban J connectivity index is 0.000000141. The highest BCUT2D eigenvalue weighted by molar-refractivity contribution is 6.18. The fraction of sp³-hybridized carbons (Fsp3) is 0. The predicted molar refractivity (Wildman–Crippen MR) is 404 cm³/mol. The minimum Gasteiger partial charge on any atom is -0.436 e. The van der Waals surface area contributed by atoms with Crippen molar-refractivity contribution in [1.29, 1.82) is 5.26 Å². The second kappa shape index (κ2) is 23.8. The lowest BCUT2D eigenvalue weighted by molar-refractivity contribution is 0.620. The average molecular weight is 1230 g/mol. The maximum Gasteiger partial charge on any atom is 0.227 e. The highest BCUT2D eigenvalue weighted by atomic mass is 16.3. The largest absolute Gasteiger partial charge is 0.436 e. The summed E-state index contributed by atoms with van der Waals surface area (Å²) in [5, 5.41) is 25.8. The van der Waals surface area contributed by atoms with Crippen molar-refractivity contribution in [2.24, 2.45) is 0 Å². The van der Waals surface area contributed by atoms with Gasteiger partial charge in [0.05, 0.1) is 34.1 Å². The maximum absolute atomic E-state index is 9.22. The zero-order valence-electron chi connectivity index (χ0n) is 52.5. The van der Waals surface area contributed by atoms with Gasteiger partial charge in [-0.15, -0.1) is 0 Å². The first-order chi connectivity index (χ1) is 48.0. The first-order valence-corrected chi connectivity index (χ1v) is 32.7. The lowest BCUT2D eigenvalue weighted by Crippen LogP contribution is -1.93. The van der Waals surface area contributed by atoms with Crippen molar-refractivity contribution < 1.29 is 4.42 Å². The van der Waals surface area contributed by atoms with Crippen LogP contribution >= 0.6 is 0 Å². The number of hydrogen-bond acceptors (Lipinski definition) is 5. The molecule has 0 saturated heterocycles. The van der Waals surface area contributed by atoms with Crippen molar-refractivity contribution in [2.75, 3.05) is 0 Å². The summed E-state index contributed by atoms with van der Waals surface area (Å²) < 4.78 is 6.07. The molecule has 0 saturated carbocycles. The number of fused-ring (bicyclic) bond motifs is 11. The SMILES string of the molecule is N#Cc1ccc(-c2ccc(-c3cc4c(-c5ccc6ccccc6c5)cc(-c5ccc6ccccc6c5)nc4c4ccccc34)cc2)cc1.c1ccc2cc(-c3cc(-c4ccc5ccccc5c4)c4cc(-c5ccc(-c6nc7ccccc7o6)cc5)c5ccccc5c4n3)ccc2c1. The monoisotopic (exact) mass is 1230 g/mol. The van der Waals surface area contributed by atoms with Crippen molar-refractivity contribution in [2.45, 2.75) is 0 Å². The molecule has 5 nitrogen and oxygen atoms in total. The van der Waals surface area contributed by atoms with E-state index >= 15 is 0 Å². The molecule has 3 aromatic heterocycles. The van der Waals surface area contributed by atoms with Crippen molar-refractivity contribution in [3.63, 3.8) is 0 Å². The Morgan fingerprint density at radius 2 is 0.567 bits per heavy atom. The molecule has 97 heavy (non-hydrogen) atoms. The van der Waals surface area contributed by atoms with Gasteiger partial charge >= 0.3 is 0 Å². The summed E-state index contributed by atoms with van der Waals surface area (Å²) in [5.74, 6) is 0.625. The molecular formula is C92H56N4O. The Hall–Kier alpha value is -13.1. The van der Waals surface area contributed by atoms with Gasteiger partial charge in [0.2, 0.25) is 5.89 Å². The molecule has 16 aromatic carbocycles. The number of aromatic nitrogens is 3. The average Bonchev–Trinajstić information content (AvgIpc) is 1.20. The molecule has 450 valence electrons. The van der Waals surface area contributed by atoms with E-state index in [1.54, 1.807) is 0 Å². The Morgan fingerprint density at radius 1 is 0.237 bits per heavy atom. The van der Waals surface area contributed by atoms with Crippen LogP contribution < -0.4 is 0 Å². The molecule has 0 bridgehead atoms. The number of pyridine rings is 2. The smallest absolute Gasteiger partial charge is 0.227 e. The summed E-state index contributed by atoms with van der Waals surface area (Å²) in [4.78, 5) is 15.5. The van der Waals surface area contributed by atoms with Gasteiger partial charge in [-0.25, -0.2) is 15.0 Å². The normalized spacial score (nSPS) is 11.5. The number of nitrogens with zero attached hydrogens (tertiary/aromatic N) is 4. The number of benzene rings is 16. The van der Waals surface area contributed by atoms with E-state index in [9.17, 15) is 5.26 Å². The molecule has 19 rings (SSSR count). The van der Waals surface area contributed by atoms with Crippen LogP contribution in [0.4, 0.5) is 0 Å². The van der Waals surface area contributed by atoms with E-state index in [0.717, 1.165) is 116 Å². The molecule has 5 heteroatoms. The zero-order valence-corrected chi connectivity index (χ0v) is 52.5. The quantitative estimate of drug-likeness (QED) is 0.142. The van der Waals surface area contributed by atoms with Gasteiger partial charge in [-0.3, -0.25) is 0 Å². The second-order valence-electron chi connectivity index (χ2n) is 24.9. The Labute approximate surface area is 559 Å². The van der Waals surface area contributed by atoms with Crippen molar-refractivity contribution in [1.82, 2.24) is 15.0 Å². The van der Waals surface area contributed by atoms with Crippen LogP contribution in [0.5, 0.6) is 0 Å². The summed E-state index contributed by atoms with van der Waals surface area (Å²) in [7, 11) is 0. The topological polar surface area (TPSA) is 75.6 Å². The molecule has 0 aliphatic carbocycles. The number of oxazole rings is 1. The van der Waals surface area contributed by atoms with Crippen LogP contribution in [0.25, 0.3) is 187 Å². The van der Waals surface area contributed by atoms with E-state index in [4.69, 9.17) is 19.4 Å². The van der Waals surface area contributed by atoms with Crippen molar-refractivity contribution >= 4 is 97.5 Å². The molecule has 0 atom stereocenters.